The number of amides is 1. The molecule has 0 radical (unpaired) electrons. The molecule has 0 spiro atoms. The van der Waals surface area contributed by atoms with Gasteiger partial charge in [-0.25, -0.2) is 0 Å². The zero-order chi connectivity index (χ0) is 17.5. The topological polar surface area (TPSA) is 75.5 Å². The fourth-order valence-electron chi connectivity index (χ4n) is 2.27. The molecule has 0 aliphatic carbocycles. The number of anilines is 1. The van der Waals surface area contributed by atoms with Gasteiger partial charge in [0.1, 0.15) is 5.56 Å². The Morgan fingerprint density at radius 1 is 1.25 bits per heavy atom. The highest BCUT2D eigenvalue weighted by Crippen LogP contribution is 2.23. The number of carbonyl (C=O) groups is 1. The third kappa shape index (κ3) is 4.70. The van der Waals surface area contributed by atoms with Gasteiger partial charge in [0, 0.05) is 36.9 Å². The zero-order valence-electron chi connectivity index (χ0n) is 13.2. The van der Waals surface area contributed by atoms with Crippen molar-refractivity contribution in [3.8, 4) is 0 Å². The summed E-state index contributed by atoms with van der Waals surface area (Å²) >= 11 is 5.74. The largest absolute Gasteiger partial charge is 0.375 e. The van der Waals surface area contributed by atoms with Crippen LogP contribution in [-0.2, 0) is 0 Å². The van der Waals surface area contributed by atoms with E-state index in [-0.39, 0.29) is 16.3 Å². The number of carbonyl (C=O) groups excluding carboxylic acids is 1. The maximum absolute atomic E-state index is 12.1. The van der Waals surface area contributed by atoms with Gasteiger partial charge in [0.2, 0.25) is 0 Å². The molecule has 0 fully saturated rings. The van der Waals surface area contributed by atoms with E-state index in [1.807, 2.05) is 37.4 Å². The van der Waals surface area contributed by atoms with Crippen LogP contribution < -0.4 is 10.2 Å². The summed E-state index contributed by atoms with van der Waals surface area (Å²) in [4.78, 5) is 24.6. The Labute approximate surface area is 145 Å². The molecule has 0 saturated heterocycles. The van der Waals surface area contributed by atoms with Crippen molar-refractivity contribution in [2.45, 2.75) is 6.42 Å². The number of hydrogen-bond donors (Lipinski definition) is 1. The molecule has 0 bridgehead atoms. The molecule has 0 aliphatic heterocycles. The van der Waals surface area contributed by atoms with Gasteiger partial charge in [0.25, 0.3) is 11.6 Å². The number of nitro groups is 1. The van der Waals surface area contributed by atoms with E-state index in [2.05, 4.69) is 10.2 Å². The Kier molecular flexibility index (Phi) is 6.14. The molecule has 0 heterocycles. The maximum Gasteiger partial charge on any atom is 0.283 e. The summed E-state index contributed by atoms with van der Waals surface area (Å²) in [6.45, 7) is 1.18. The first-order valence-corrected chi connectivity index (χ1v) is 7.85. The van der Waals surface area contributed by atoms with E-state index in [0.717, 1.165) is 18.7 Å². The molecular formula is C17H18ClN3O3. The summed E-state index contributed by atoms with van der Waals surface area (Å²) < 4.78 is 0. The van der Waals surface area contributed by atoms with E-state index >= 15 is 0 Å². The highest BCUT2D eigenvalue weighted by Gasteiger charge is 2.20. The number of halogens is 1. The number of para-hydroxylation sites is 1. The third-order valence-electron chi connectivity index (χ3n) is 3.55. The van der Waals surface area contributed by atoms with Gasteiger partial charge in [0.15, 0.2) is 0 Å². The minimum absolute atomic E-state index is 0.0146. The molecule has 0 saturated carbocycles. The normalized spacial score (nSPS) is 10.2. The summed E-state index contributed by atoms with van der Waals surface area (Å²) in [5.41, 5.74) is 0.819. The summed E-state index contributed by atoms with van der Waals surface area (Å²) in [5.74, 6) is -0.472. The maximum atomic E-state index is 12.1. The molecule has 0 unspecified atom stereocenters. The molecule has 2 aromatic carbocycles. The quantitative estimate of drug-likeness (QED) is 0.472. The van der Waals surface area contributed by atoms with Crippen molar-refractivity contribution in [1.29, 1.82) is 0 Å². The summed E-state index contributed by atoms with van der Waals surface area (Å²) in [6, 6.07) is 13.9. The van der Waals surface area contributed by atoms with E-state index in [9.17, 15) is 14.9 Å². The first kappa shape index (κ1) is 17.7. The Morgan fingerprint density at radius 2 is 1.96 bits per heavy atom. The number of nitrogens with zero attached hydrogens (tertiary/aromatic N) is 2. The molecule has 0 atom stereocenters. The number of hydrogen-bond acceptors (Lipinski definition) is 4. The van der Waals surface area contributed by atoms with E-state index in [1.165, 1.54) is 18.2 Å². The van der Waals surface area contributed by atoms with Gasteiger partial charge in [-0.1, -0.05) is 29.8 Å². The van der Waals surface area contributed by atoms with Crippen molar-refractivity contribution in [3.05, 3.63) is 69.2 Å². The first-order valence-electron chi connectivity index (χ1n) is 7.47. The van der Waals surface area contributed by atoms with Crippen LogP contribution in [0.2, 0.25) is 5.02 Å². The molecule has 2 aromatic rings. The lowest BCUT2D eigenvalue weighted by Crippen LogP contribution is -2.28. The van der Waals surface area contributed by atoms with Crippen LogP contribution in [0.25, 0.3) is 0 Å². The monoisotopic (exact) mass is 347 g/mol. The van der Waals surface area contributed by atoms with E-state index < -0.39 is 10.8 Å². The lowest BCUT2D eigenvalue weighted by Gasteiger charge is -2.19. The molecule has 7 heteroatoms. The Hall–Kier alpha value is -2.60. The van der Waals surface area contributed by atoms with Gasteiger partial charge in [0.05, 0.1) is 4.92 Å². The summed E-state index contributed by atoms with van der Waals surface area (Å²) in [6.07, 6.45) is 0.721. The molecule has 0 aromatic heterocycles. The molecule has 24 heavy (non-hydrogen) atoms. The lowest BCUT2D eigenvalue weighted by atomic mass is 10.1. The smallest absolute Gasteiger partial charge is 0.283 e. The van der Waals surface area contributed by atoms with E-state index in [1.54, 1.807) is 0 Å². The fourth-order valence-corrected chi connectivity index (χ4v) is 2.44. The van der Waals surface area contributed by atoms with Crippen molar-refractivity contribution >= 4 is 28.9 Å². The molecule has 1 amide bonds. The van der Waals surface area contributed by atoms with Crippen LogP contribution in [0, 0.1) is 10.1 Å². The second-order valence-electron chi connectivity index (χ2n) is 5.29. The molecule has 6 nitrogen and oxygen atoms in total. The van der Waals surface area contributed by atoms with Gasteiger partial charge in [-0.3, -0.25) is 14.9 Å². The van der Waals surface area contributed by atoms with Gasteiger partial charge >= 0.3 is 0 Å². The minimum Gasteiger partial charge on any atom is -0.375 e. The van der Waals surface area contributed by atoms with E-state index in [0.29, 0.717) is 6.54 Å². The number of nitrogens with one attached hydrogen (secondary N) is 1. The molecule has 126 valence electrons. The highest BCUT2D eigenvalue weighted by molar-refractivity contribution is 6.31. The van der Waals surface area contributed by atoms with Crippen LogP contribution in [0.5, 0.6) is 0 Å². The van der Waals surface area contributed by atoms with E-state index in [4.69, 9.17) is 11.6 Å². The fraction of sp³-hybridized carbons (Fsp3) is 0.235. The average molecular weight is 348 g/mol. The van der Waals surface area contributed by atoms with Crippen LogP contribution in [0.4, 0.5) is 11.4 Å². The molecule has 1 N–H and O–H groups in total. The van der Waals surface area contributed by atoms with Crippen LogP contribution in [-0.4, -0.2) is 31.0 Å². The Morgan fingerprint density at radius 3 is 2.62 bits per heavy atom. The van der Waals surface area contributed by atoms with Gasteiger partial charge in [-0.2, -0.15) is 0 Å². The summed E-state index contributed by atoms with van der Waals surface area (Å²) in [5, 5.41) is 13.9. The number of benzene rings is 2. The third-order valence-corrected chi connectivity index (χ3v) is 3.79. The van der Waals surface area contributed by atoms with Crippen LogP contribution >= 0.6 is 11.6 Å². The second kappa shape index (κ2) is 8.31. The predicted octanol–water partition coefficient (Wildman–Crippen LogP) is 3.50. The predicted molar refractivity (Wildman–Crippen MR) is 94.8 cm³/mol. The molecule has 2 rings (SSSR count). The SMILES string of the molecule is CN(CCCNC(=O)c1ccc(Cl)cc1[N+](=O)[O-])c1ccccc1. The van der Waals surface area contributed by atoms with Crippen molar-refractivity contribution in [2.24, 2.45) is 0 Å². The Bertz CT molecular complexity index is 722. The number of nitro benzene ring substituents is 1. The average Bonchev–Trinajstić information content (AvgIpc) is 2.59. The first-order chi connectivity index (χ1) is 11.5. The molecular weight excluding hydrogens is 330 g/mol. The van der Waals surface area contributed by atoms with Crippen LogP contribution in [0.3, 0.4) is 0 Å². The highest BCUT2D eigenvalue weighted by atomic mass is 35.5. The van der Waals surface area contributed by atoms with Gasteiger partial charge < -0.3 is 10.2 Å². The van der Waals surface area contributed by atoms with Gasteiger partial charge in [-0.15, -0.1) is 0 Å². The molecule has 0 aliphatic rings. The zero-order valence-corrected chi connectivity index (χ0v) is 14.0. The van der Waals surface area contributed by atoms with Crippen molar-refractivity contribution in [3.63, 3.8) is 0 Å². The minimum atomic E-state index is -0.607. The van der Waals surface area contributed by atoms with Crippen molar-refractivity contribution in [2.75, 3.05) is 25.0 Å². The van der Waals surface area contributed by atoms with Crippen LogP contribution in [0.1, 0.15) is 16.8 Å². The Balaban J connectivity index is 1.87. The van der Waals surface area contributed by atoms with Crippen molar-refractivity contribution < 1.29 is 9.72 Å². The number of rotatable bonds is 7. The second-order valence-corrected chi connectivity index (χ2v) is 5.72. The van der Waals surface area contributed by atoms with Crippen LogP contribution in [0.15, 0.2) is 48.5 Å². The van der Waals surface area contributed by atoms with Crippen molar-refractivity contribution in [1.82, 2.24) is 5.32 Å². The lowest BCUT2D eigenvalue weighted by molar-refractivity contribution is -0.385. The van der Waals surface area contributed by atoms with Gasteiger partial charge in [-0.05, 0) is 30.7 Å². The summed E-state index contributed by atoms with van der Waals surface area (Å²) in [7, 11) is 1.97. The standard InChI is InChI=1S/C17H18ClN3O3/c1-20(14-6-3-2-4-7-14)11-5-10-19-17(22)15-9-8-13(18)12-16(15)21(23)24/h2-4,6-9,12H,5,10-11H2,1H3,(H,19,22).